The molecule has 2 nitrogen and oxygen atoms in total. The fraction of sp³-hybridized carbons (Fsp3) is 0.333. The Morgan fingerprint density at radius 2 is 1.88 bits per heavy atom. The van der Waals surface area contributed by atoms with Gasteiger partial charge >= 0.3 is 6.18 Å². The van der Waals surface area contributed by atoms with Crippen molar-refractivity contribution in [3.63, 3.8) is 0 Å². The summed E-state index contributed by atoms with van der Waals surface area (Å²) in [5.74, 6) is 0. The first-order valence-corrected chi connectivity index (χ1v) is 8.06. The molecule has 0 aromatic heterocycles. The summed E-state index contributed by atoms with van der Waals surface area (Å²) < 4.78 is 44.8. The van der Waals surface area contributed by atoms with E-state index < -0.39 is 11.7 Å². The van der Waals surface area contributed by atoms with E-state index in [1.54, 1.807) is 6.07 Å². The standard InChI is InChI=1S/C18H17ClF3NO/c19-16-7-6-14(10-15(16)18(20,21)22)17-12-23(8-9-24-17)11-13-4-2-1-3-5-13/h1-7,10,17H,8-9,11-12H2. The minimum absolute atomic E-state index is 0.289. The zero-order valence-electron chi connectivity index (χ0n) is 12.9. The Morgan fingerprint density at radius 3 is 2.58 bits per heavy atom. The van der Waals surface area contributed by atoms with Crippen LogP contribution in [-0.2, 0) is 17.5 Å². The summed E-state index contributed by atoms with van der Waals surface area (Å²) in [6.45, 7) is 2.54. The van der Waals surface area contributed by atoms with Crippen LogP contribution in [0, 0.1) is 0 Å². The molecule has 1 aliphatic heterocycles. The first kappa shape index (κ1) is 17.3. The predicted molar refractivity (Wildman–Crippen MR) is 86.9 cm³/mol. The lowest BCUT2D eigenvalue weighted by Crippen LogP contribution is -2.37. The summed E-state index contributed by atoms with van der Waals surface area (Å²) in [7, 11) is 0. The van der Waals surface area contributed by atoms with Gasteiger partial charge in [-0.15, -0.1) is 0 Å². The molecular weight excluding hydrogens is 339 g/mol. The smallest absolute Gasteiger partial charge is 0.371 e. The van der Waals surface area contributed by atoms with Crippen LogP contribution in [0.2, 0.25) is 5.02 Å². The second kappa shape index (κ2) is 7.13. The molecule has 1 atom stereocenters. The van der Waals surface area contributed by atoms with Crippen molar-refractivity contribution in [2.45, 2.75) is 18.8 Å². The highest BCUT2D eigenvalue weighted by molar-refractivity contribution is 6.31. The van der Waals surface area contributed by atoms with E-state index in [0.29, 0.717) is 18.7 Å². The maximum atomic E-state index is 13.0. The summed E-state index contributed by atoms with van der Waals surface area (Å²) in [5.41, 5.74) is 0.861. The maximum Gasteiger partial charge on any atom is 0.417 e. The largest absolute Gasteiger partial charge is 0.417 e. The molecule has 1 unspecified atom stereocenters. The molecule has 0 bridgehead atoms. The van der Waals surface area contributed by atoms with Crippen LogP contribution >= 0.6 is 11.6 Å². The summed E-state index contributed by atoms with van der Waals surface area (Å²) in [6.07, 6.45) is -4.85. The molecule has 3 rings (SSSR count). The molecule has 1 aliphatic rings. The van der Waals surface area contributed by atoms with Crippen LogP contribution in [0.25, 0.3) is 0 Å². The zero-order valence-corrected chi connectivity index (χ0v) is 13.6. The molecule has 0 amide bonds. The highest BCUT2D eigenvalue weighted by atomic mass is 35.5. The van der Waals surface area contributed by atoms with E-state index in [2.05, 4.69) is 4.90 Å². The van der Waals surface area contributed by atoms with Crippen LogP contribution in [0.3, 0.4) is 0 Å². The third kappa shape index (κ3) is 4.09. The first-order valence-electron chi connectivity index (χ1n) is 7.68. The van der Waals surface area contributed by atoms with Crippen LogP contribution in [0.4, 0.5) is 13.2 Å². The molecule has 0 saturated carbocycles. The van der Waals surface area contributed by atoms with Gasteiger partial charge in [0.05, 0.1) is 23.3 Å². The van der Waals surface area contributed by atoms with Crippen molar-refractivity contribution >= 4 is 11.6 Å². The van der Waals surface area contributed by atoms with Crippen LogP contribution in [0.5, 0.6) is 0 Å². The van der Waals surface area contributed by atoms with Crippen molar-refractivity contribution in [3.8, 4) is 0 Å². The second-order valence-electron chi connectivity index (χ2n) is 5.82. The lowest BCUT2D eigenvalue weighted by molar-refractivity contribution is -0.137. The normalized spacial score (nSPS) is 19.4. The molecule has 1 saturated heterocycles. The number of alkyl halides is 3. The molecular formula is C18H17ClF3NO. The summed E-state index contributed by atoms with van der Waals surface area (Å²) >= 11 is 5.68. The van der Waals surface area contributed by atoms with Crippen molar-refractivity contribution in [1.82, 2.24) is 4.90 Å². The van der Waals surface area contributed by atoms with E-state index in [-0.39, 0.29) is 11.1 Å². The molecule has 2 aromatic carbocycles. The lowest BCUT2D eigenvalue weighted by Gasteiger charge is -2.33. The Balaban J connectivity index is 1.75. The predicted octanol–water partition coefficient (Wildman–Crippen LogP) is 4.93. The number of hydrogen-bond donors (Lipinski definition) is 0. The minimum Gasteiger partial charge on any atom is -0.371 e. The highest BCUT2D eigenvalue weighted by Gasteiger charge is 2.34. The van der Waals surface area contributed by atoms with Gasteiger partial charge in [-0.2, -0.15) is 13.2 Å². The number of rotatable bonds is 3. The number of ether oxygens (including phenoxy) is 1. The van der Waals surface area contributed by atoms with E-state index in [1.807, 2.05) is 30.3 Å². The number of benzene rings is 2. The van der Waals surface area contributed by atoms with Gasteiger partial charge in [0, 0.05) is 19.6 Å². The van der Waals surface area contributed by atoms with Crippen LogP contribution < -0.4 is 0 Å². The maximum absolute atomic E-state index is 13.0. The fourth-order valence-electron chi connectivity index (χ4n) is 2.85. The highest BCUT2D eigenvalue weighted by Crippen LogP contribution is 2.37. The van der Waals surface area contributed by atoms with Gasteiger partial charge in [0.15, 0.2) is 0 Å². The Hall–Kier alpha value is -1.56. The van der Waals surface area contributed by atoms with Crippen LogP contribution in [-0.4, -0.2) is 24.6 Å². The van der Waals surface area contributed by atoms with Gasteiger partial charge < -0.3 is 4.74 Å². The van der Waals surface area contributed by atoms with E-state index >= 15 is 0 Å². The molecule has 128 valence electrons. The number of nitrogens with zero attached hydrogens (tertiary/aromatic N) is 1. The summed E-state index contributed by atoms with van der Waals surface area (Å²) in [4.78, 5) is 2.19. The first-order chi connectivity index (χ1) is 11.4. The number of morpholine rings is 1. The van der Waals surface area contributed by atoms with Crippen molar-refractivity contribution in [2.75, 3.05) is 19.7 Å². The van der Waals surface area contributed by atoms with E-state index in [0.717, 1.165) is 19.2 Å². The van der Waals surface area contributed by atoms with Crippen LogP contribution in [0.1, 0.15) is 22.8 Å². The lowest BCUT2D eigenvalue weighted by atomic mass is 10.0. The van der Waals surface area contributed by atoms with Crippen molar-refractivity contribution in [2.24, 2.45) is 0 Å². The van der Waals surface area contributed by atoms with Crippen molar-refractivity contribution < 1.29 is 17.9 Å². The van der Waals surface area contributed by atoms with Crippen molar-refractivity contribution in [3.05, 3.63) is 70.2 Å². The van der Waals surface area contributed by atoms with Crippen molar-refractivity contribution in [1.29, 1.82) is 0 Å². The van der Waals surface area contributed by atoms with E-state index in [9.17, 15) is 13.2 Å². The van der Waals surface area contributed by atoms with Gasteiger partial charge in [-0.1, -0.05) is 48.0 Å². The Kier molecular flexibility index (Phi) is 5.13. The second-order valence-corrected chi connectivity index (χ2v) is 6.22. The SMILES string of the molecule is FC(F)(F)c1cc(C2CN(Cc3ccccc3)CCO2)ccc1Cl. The average Bonchev–Trinajstić information content (AvgIpc) is 2.55. The Bertz CT molecular complexity index is 690. The summed E-state index contributed by atoms with van der Waals surface area (Å²) in [5, 5.41) is -0.289. The van der Waals surface area contributed by atoms with E-state index in [1.165, 1.54) is 11.6 Å². The molecule has 24 heavy (non-hydrogen) atoms. The molecule has 0 aliphatic carbocycles. The summed E-state index contributed by atoms with van der Waals surface area (Å²) in [6, 6.07) is 14.0. The molecule has 0 spiro atoms. The van der Waals surface area contributed by atoms with E-state index in [4.69, 9.17) is 16.3 Å². The molecule has 1 heterocycles. The third-order valence-electron chi connectivity index (χ3n) is 4.07. The Labute approximate surface area is 143 Å². The molecule has 2 aromatic rings. The van der Waals surface area contributed by atoms with Gasteiger partial charge in [0.1, 0.15) is 0 Å². The molecule has 0 N–H and O–H groups in total. The van der Waals surface area contributed by atoms with Gasteiger partial charge in [-0.3, -0.25) is 4.90 Å². The van der Waals surface area contributed by atoms with Gasteiger partial charge in [-0.05, 0) is 23.3 Å². The fourth-order valence-corrected chi connectivity index (χ4v) is 3.07. The third-order valence-corrected chi connectivity index (χ3v) is 4.40. The van der Waals surface area contributed by atoms with Crippen LogP contribution in [0.15, 0.2) is 48.5 Å². The minimum atomic E-state index is -4.47. The zero-order chi connectivity index (χ0) is 17.2. The quantitative estimate of drug-likeness (QED) is 0.773. The molecule has 6 heteroatoms. The topological polar surface area (TPSA) is 12.5 Å². The monoisotopic (exact) mass is 355 g/mol. The van der Waals surface area contributed by atoms with Gasteiger partial charge in [0.25, 0.3) is 0 Å². The average molecular weight is 356 g/mol. The number of halogens is 4. The molecule has 1 fully saturated rings. The Morgan fingerprint density at radius 1 is 1.12 bits per heavy atom. The molecule has 0 radical (unpaired) electrons. The van der Waals surface area contributed by atoms with Gasteiger partial charge in [-0.25, -0.2) is 0 Å². The number of hydrogen-bond acceptors (Lipinski definition) is 2. The van der Waals surface area contributed by atoms with Gasteiger partial charge in [0.2, 0.25) is 0 Å².